The molecule has 0 bridgehead atoms. The first-order chi connectivity index (χ1) is 13.2. The number of alkyl halides is 1. The SMILES string of the molecule is C=C(c1cc(C2=C(C)OC3CC23C)cnc1C)C(OC)C1CCC(C)(F)CC1. The molecule has 1 aliphatic heterocycles. The summed E-state index contributed by atoms with van der Waals surface area (Å²) >= 11 is 0. The van der Waals surface area contributed by atoms with Crippen molar-refractivity contribution >= 4 is 11.1 Å². The van der Waals surface area contributed by atoms with Crippen molar-refractivity contribution in [1.29, 1.82) is 0 Å². The number of rotatable bonds is 5. The van der Waals surface area contributed by atoms with E-state index in [1.165, 1.54) is 5.57 Å². The number of halogens is 1. The van der Waals surface area contributed by atoms with E-state index in [0.717, 1.165) is 47.4 Å². The van der Waals surface area contributed by atoms with Crippen LogP contribution in [0.5, 0.6) is 0 Å². The minimum Gasteiger partial charge on any atom is -0.494 e. The molecule has 2 heterocycles. The zero-order valence-corrected chi connectivity index (χ0v) is 17.8. The van der Waals surface area contributed by atoms with E-state index in [1.807, 2.05) is 13.1 Å². The van der Waals surface area contributed by atoms with Gasteiger partial charge in [0.2, 0.25) is 0 Å². The third kappa shape index (κ3) is 3.20. The number of ether oxygens (including phenoxy) is 2. The van der Waals surface area contributed by atoms with E-state index in [2.05, 4.69) is 31.5 Å². The van der Waals surface area contributed by atoms with Gasteiger partial charge in [-0.25, -0.2) is 4.39 Å². The fraction of sp³-hybridized carbons (Fsp3) is 0.625. The lowest BCUT2D eigenvalue weighted by Crippen LogP contribution is -2.33. The Morgan fingerprint density at radius 1 is 1.32 bits per heavy atom. The van der Waals surface area contributed by atoms with Gasteiger partial charge in [0, 0.05) is 41.1 Å². The van der Waals surface area contributed by atoms with Crippen molar-refractivity contribution < 1.29 is 13.9 Å². The van der Waals surface area contributed by atoms with Crippen LogP contribution in [-0.2, 0) is 9.47 Å². The quantitative estimate of drug-likeness (QED) is 0.634. The molecule has 3 aliphatic rings. The first-order valence-electron chi connectivity index (χ1n) is 10.4. The maximum Gasteiger partial charge on any atom is 0.109 e. The van der Waals surface area contributed by atoms with Gasteiger partial charge in [0.25, 0.3) is 0 Å². The molecule has 152 valence electrons. The molecular weight excluding hydrogens is 353 g/mol. The summed E-state index contributed by atoms with van der Waals surface area (Å²) < 4.78 is 26.1. The number of aromatic nitrogens is 1. The lowest BCUT2D eigenvalue weighted by atomic mass is 9.76. The number of nitrogens with zero attached hydrogens (tertiary/aromatic N) is 1. The molecule has 2 aliphatic carbocycles. The molecular formula is C24H32FNO2. The van der Waals surface area contributed by atoms with E-state index in [9.17, 15) is 4.39 Å². The fourth-order valence-electron chi connectivity index (χ4n) is 5.28. The summed E-state index contributed by atoms with van der Waals surface area (Å²) in [5.41, 5.74) is 4.43. The van der Waals surface area contributed by atoms with E-state index in [1.54, 1.807) is 14.0 Å². The van der Waals surface area contributed by atoms with E-state index < -0.39 is 5.67 Å². The number of methoxy groups -OCH3 is 1. The van der Waals surface area contributed by atoms with Crippen LogP contribution in [0.25, 0.3) is 11.1 Å². The Labute approximate surface area is 168 Å². The molecule has 1 aromatic heterocycles. The van der Waals surface area contributed by atoms with E-state index in [0.29, 0.717) is 24.9 Å². The van der Waals surface area contributed by atoms with Gasteiger partial charge in [-0.1, -0.05) is 13.5 Å². The summed E-state index contributed by atoms with van der Waals surface area (Å²) in [6.07, 6.45) is 6.08. The highest BCUT2D eigenvalue weighted by molar-refractivity contribution is 5.80. The normalized spacial score (nSPS) is 35.4. The number of hydrogen-bond donors (Lipinski definition) is 0. The topological polar surface area (TPSA) is 31.4 Å². The summed E-state index contributed by atoms with van der Waals surface area (Å²) in [4.78, 5) is 4.68. The molecule has 2 fully saturated rings. The Morgan fingerprint density at radius 3 is 2.57 bits per heavy atom. The highest BCUT2D eigenvalue weighted by Crippen LogP contribution is 2.63. The Kier molecular flexibility index (Phi) is 4.69. The maximum atomic E-state index is 14.2. The fourth-order valence-corrected chi connectivity index (χ4v) is 5.28. The molecule has 3 nitrogen and oxygen atoms in total. The van der Waals surface area contributed by atoms with Crippen LogP contribution in [0.2, 0.25) is 0 Å². The monoisotopic (exact) mass is 385 g/mol. The van der Waals surface area contributed by atoms with Gasteiger partial charge in [-0.3, -0.25) is 4.98 Å². The van der Waals surface area contributed by atoms with Gasteiger partial charge in [0.1, 0.15) is 11.8 Å². The van der Waals surface area contributed by atoms with Gasteiger partial charge in [0.05, 0.1) is 11.9 Å². The van der Waals surface area contributed by atoms with Gasteiger partial charge in [-0.05, 0) is 70.4 Å². The predicted molar refractivity (Wildman–Crippen MR) is 110 cm³/mol. The minimum absolute atomic E-state index is 0.106. The van der Waals surface area contributed by atoms with Crippen LogP contribution >= 0.6 is 0 Å². The minimum atomic E-state index is -1.05. The molecule has 2 saturated carbocycles. The lowest BCUT2D eigenvalue weighted by Gasteiger charge is -2.36. The van der Waals surface area contributed by atoms with Crippen LogP contribution in [0.3, 0.4) is 0 Å². The molecule has 0 amide bonds. The molecule has 3 unspecified atom stereocenters. The van der Waals surface area contributed by atoms with Crippen molar-refractivity contribution in [3.63, 3.8) is 0 Å². The van der Waals surface area contributed by atoms with Crippen LogP contribution in [0.4, 0.5) is 4.39 Å². The molecule has 4 heteroatoms. The van der Waals surface area contributed by atoms with Crippen molar-refractivity contribution in [2.45, 2.75) is 77.7 Å². The highest BCUT2D eigenvalue weighted by atomic mass is 19.1. The molecule has 28 heavy (non-hydrogen) atoms. The average molecular weight is 386 g/mol. The Hall–Kier alpha value is -1.68. The molecule has 1 aromatic rings. The van der Waals surface area contributed by atoms with Crippen molar-refractivity contribution in [1.82, 2.24) is 4.98 Å². The molecule has 0 saturated heterocycles. The van der Waals surface area contributed by atoms with Gasteiger partial charge in [-0.2, -0.15) is 0 Å². The van der Waals surface area contributed by atoms with Crippen LogP contribution in [0.1, 0.15) is 69.7 Å². The van der Waals surface area contributed by atoms with Crippen molar-refractivity contribution in [2.24, 2.45) is 11.3 Å². The number of allylic oxidation sites excluding steroid dienone is 1. The van der Waals surface area contributed by atoms with Gasteiger partial charge < -0.3 is 9.47 Å². The van der Waals surface area contributed by atoms with Gasteiger partial charge >= 0.3 is 0 Å². The number of fused-ring (bicyclic) bond motifs is 1. The summed E-state index contributed by atoms with van der Waals surface area (Å²) in [6.45, 7) is 12.4. The Morgan fingerprint density at radius 2 is 2.00 bits per heavy atom. The molecule has 4 rings (SSSR count). The van der Waals surface area contributed by atoms with E-state index >= 15 is 0 Å². The molecule has 0 spiro atoms. The second-order valence-electron chi connectivity index (χ2n) is 9.45. The second kappa shape index (κ2) is 6.69. The average Bonchev–Trinajstić information content (AvgIpc) is 3.20. The predicted octanol–water partition coefficient (Wildman–Crippen LogP) is 5.88. The molecule has 0 N–H and O–H groups in total. The summed E-state index contributed by atoms with van der Waals surface area (Å²) in [5.74, 6) is 1.31. The Bertz CT molecular complexity index is 833. The third-order valence-corrected chi connectivity index (χ3v) is 7.22. The smallest absolute Gasteiger partial charge is 0.109 e. The second-order valence-corrected chi connectivity index (χ2v) is 9.45. The maximum absolute atomic E-state index is 14.2. The first-order valence-corrected chi connectivity index (χ1v) is 10.4. The summed E-state index contributed by atoms with van der Waals surface area (Å²) in [5, 5.41) is 0. The van der Waals surface area contributed by atoms with Crippen molar-refractivity contribution in [3.8, 4) is 0 Å². The summed E-state index contributed by atoms with van der Waals surface area (Å²) in [7, 11) is 1.74. The standard InChI is InChI=1S/C24H32FNO2/c1-14(22(27-6)17-7-9-23(4,25)10-8-17)19-11-18(13-26-15(19)2)21-16(3)28-20-12-24(20,21)5/h11,13,17,20,22H,1,7-10,12H2,2-6H3. The lowest BCUT2D eigenvalue weighted by molar-refractivity contribution is 0.0359. The number of pyridine rings is 1. The van der Waals surface area contributed by atoms with Crippen molar-refractivity contribution in [2.75, 3.05) is 7.11 Å². The van der Waals surface area contributed by atoms with Crippen molar-refractivity contribution in [3.05, 3.63) is 41.4 Å². The van der Waals surface area contributed by atoms with E-state index in [4.69, 9.17) is 9.47 Å². The van der Waals surface area contributed by atoms with Crippen LogP contribution in [0.15, 0.2) is 24.6 Å². The highest BCUT2D eigenvalue weighted by Gasteiger charge is 2.60. The number of hydrogen-bond acceptors (Lipinski definition) is 3. The van der Waals surface area contributed by atoms with Crippen LogP contribution in [0, 0.1) is 18.3 Å². The molecule has 3 atom stereocenters. The van der Waals surface area contributed by atoms with E-state index in [-0.39, 0.29) is 11.5 Å². The Balaban J connectivity index is 1.61. The van der Waals surface area contributed by atoms with Gasteiger partial charge in [0.15, 0.2) is 0 Å². The largest absolute Gasteiger partial charge is 0.494 e. The van der Waals surface area contributed by atoms with Gasteiger partial charge in [-0.15, -0.1) is 0 Å². The first kappa shape index (κ1) is 19.6. The zero-order valence-electron chi connectivity index (χ0n) is 17.8. The van der Waals surface area contributed by atoms with Crippen LogP contribution in [-0.4, -0.2) is 30.0 Å². The van der Waals surface area contributed by atoms with Crippen LogP contribution < -0.4 is 0 Å². The molecule has 0 radical (unpaired) electrons. The zero-order chi connectivity index (χ0) is 20.3. The third-order valence-electron chi connectivity index (χ3n) is 7.22. The molecule has 0 aromatic carbocycles. The number of aryl methyl sites for hydroxylation is 1. The summed E-state index contributed by atoms with van der Waals surface area (Å²) in [6, 6.07) is 2.20.